The summed E-state index contributed by atoms with van der Waals surface area (Å²) in [6, 6.07) is 11.0. The average Bonchev–Trinajstić information content (AvgIpc) is 3.13. The van der Waals surface area contributed by atoms with E-state index in [1.54, 1.807) is 26.4 Å². The van der Waals surface area contributed by atoms with E-state index in [0.717, 1.165) is 11.1 Å². The lowest BCUT2D eigenvalue weighted by Crippen LogP contribution is -2.01. The Hall–Kier alpha value is -3.41. The molecule has 0 aliphatic carbocycles. The first-order chi connectivity index (χ1) is 14.2. The molecule has 0 saturated heterocycles. The van der Waals surface area contributed by atoms with Crippen LogP contribution < -0.4 is 9.47 Å². The van der Waals surface area contributed by atoms with Crippen molar-refractivity contribution in [2.45, 2.75) is 0 Å². The molecule has 0 aliphatic heterocycles. The second kappa shape index (κ2) is 9.87. The Bertz CT molecular complexity index is 1160. The highest BCUT2D eigenvalue weighted by Crippen LogP contribution is 2.28. The summed E-state index contributed by atoms with van der Waals surface area (Å²) in [5.41, 5.74) is 2.73. The number of esters is 1. The van der Waals surface area contributed by atoms with Crippen molar-refractivity contribution in [2.75, 3.05) is 21.3 Å². The van der Waals surface area contributed by atoms with Crippen LogP contribution in [0.15, 0.2) is 36.4 Å². The summed E-state index contributed by atoms with van der Waals surface area (Å²) >= 11 is 0. The third kappa shape index (κ3) is 6.30. The number of carbonyl (C=O) groups is 1. The molecule has 11 heteroatoms. The maximum atomic E-state index is 11.8. The van der Waals surface area contributed by atoms with Crippen LogP contribution in [0.3, 0.4) is 0 Å². The van der Waals surface area contributed by atoms with Gasteiger partial charge < -0.3 is 19.2 Å². The topological polar surface area (TPSA) is 148 Å². The third-order valence-electron chi connectivity index (χ3n) is 3.78. The zero-order valence-corrected chi connectivity index (χ0v) is 17.1. The summed E-state index contributed by atoms with van der Waals surface area (Å²) in [6.07, 6.45) is 3.74. The number of methoxy groups -OCH3 is 3. The molecule has 1 aromatic heterocycles. The van der Waals surface area contributed by atoms with Gasteiger partial charge in [0, 0.05) is 0 Å². The fourth-order valence-electron chi connectivity index (χ4n) is 2.54. The van der Waals surface area contributed by atoms with Crippen LogP contribution in [0.25, 0.3) is 23.2 Å². The molecule has 0 atom stereocenters. The SMILES string of the molecule is COC(=O)c1cccc2[nH]c(/C=C/c3ccc(OC)c(OC)c3)nc12.O=S(=O)(O)O. The molecule has 0 aliphatic rings. The predicted octanol–water partition coefficient (Wildman–Crippen LogP) is 2.88. The Morgan fingerprint density at radius 3 is 2.30 bits per heavy atom. The maximum Gasteiger partial charge on any atom is 0.394 e. The highest BCUT2D eigenvalue weighted by molar-refractivity contribution is 7.79. The highest BCUT2D eigenvalue weighted by atomic mass is 32.3. The number of aromatic amines is 1. The van der Waals surface area contributed by atoms with Crippen LogP contribution in [0, 0.1) is 0 Å². The molecule has 3 rings (SSSR count). The number of ether oxygens (including phenoxy) is 3. The summed E-state index contributed by atoms with van der Waals surface area (Å²) in [4.78, 5) is 19.5. The van der Waals surface area contributed by atoms with Crippen LogP contribution in [0.4, 0.5) is 0 Å². The van der Waals surface area contributed by atoms with Crippen LogP contribution >= 0.6 is 0 Å². The molecule has 0 bridgehead atoms. The van der Waals surface area contributed by atoms with Gasteiger partial charge in [-0.1, -0.05) is 18.2 Å². The van der Waals surface area contributed by atoms with Crippen molar-refractivity contribution in [2.24, 2.45) is 0 Å². The van der Waals surface area contributed by atoms with Crippen LogP contribution in [-0.2, 0) is 15.1 Å². The lowest BCUT2D eigenvalue weighted by Gasteiger charge is -2.07. The van der Waals surface area contributed by atoms with E-state index in [2.05, 4.69) is 9.97 Å². The molecular weight excluding hydrogens is 416 g/mol. The zero-order valence-electron chi connectivity index (χ0n) is 16.3. The number of benzene rings is 2. The lowest BCUT2D eigenvalue weighted by molar-refractivity contribution is 0.0602. The first-order valence-electron chi connectivity index (χ1n) is 8.33. The molecule has 0 spiro atoms. The first kappa shape index (κ1) is 22.9. The van der Waals surface area contributed by atoms with Gasteiger partial charge in [0.1, 0.15) is 11.3 Å². The molecule has 0 amide bonds. The molecule has 3 aromatic rings. The predicted molar refractivity (Wildman–Crippen MR) is 110 cm³/mol. The number of rotatable bonds is 5. The van der Waals surface area contributed by atoms with Crippen LogP contribution in [0.1, 0.15) is 21.7 Å². The van der Waals surface area contributed by atoms with Crippen molar-refractivity contribution in [1.82, 2.24) is 9.97 Å². The summed E-state index contributed by atoms with van der Waals surface area (Å²) in [7, 11) is -0.120. The summed E-state index contributed by atoms with van der Waals surface area (Å²) in [6.45, 7) is 0. The van der Waals surface area contributed by atoms with E-state index in [1.165, 1.54) is 7.11 Å². The van der Waals surface area contributed by atoms with E-state index in [9.17, 15) is 4.79 Å². The Morgan fingerprint density at radius 1 is 1.03 bits per heavy atom. The fraction of sp³-hybridized carbons (Fsp3) is 0.158. The summed E-state index contributed by atoms with van der Waals surface area (Å²) in [5, 5.41) is 0. The van der Waals surface area contributed by atoms with Gasteiger partial charge in [-0.2, -0.15) is 8.42 Å². The largest absolute Gasteiger partial charge is 0.493 e. The van der Waals surface area contributed by atoms with E-state index in [0.29, 0.717) is 28.4 Å². The number of nitrogens with zero attached hydrogens (tertiary/aromatic N) is 1. The van der Waals surface area contributed by atoms with E-state index in [4.69, 9.17) is 31.7 Å². The third-order valence-corrected chi connectivity index (χ3v) is 3.78. The van der Waals surface area contributed by atoms with Crippen molar-refractivity contribution < 1.29 is 36.5 Å². The molecule has 0 radical (unpaired) electrons. The van der Waals surface area contributed by atoms with Gasteiger partial charge in [-0.3, -0.25) is 9.11 Å². The van der Waals surface area contributed by atoms with Gasteiger partial charge in [-0.05, 0) is 35.9 Å². The number of aromatic nitrogens is 2. The molecule has 0 unspecified atom stereocenters. The number of hydrogen-bond acceptors (Lipinski definition) is 7. The van der Waals surface area contributed by atoms with Crippen molar-refractivity contribution in [3.63, 3.8) is 0 Å². The van der Waals surface area contributed by atoms with Gasteiger partial charge >= 0.3 is 16.4 Å². The molecule has 10 nitrogen and oxygen atoms in total. The quantitative estimate of drug-likeness (QED) is 0.405. The normalized spacial score (nSPS) is 11.1. The molecule has 1 heterocycles. The van der Waals surface area contributed by atoms with Gasteiger partial charge in [-0.15, -0.1) is 0 Å². The van der Waals surface area contributed by atoms with Gasteiger partial charge in [0.15, 0.2) is 11.5 Å². The fourth-order valence-corrected chi connectivity index (χ4v) is 2.54. The van der Waals surface area contributed by atoms with E-state index in [-0.39, 0.29) is 0 Å². The molecule has 30 heavy (non-hydrogen) atoms. The van der Waals surface area contributed by atoms with Gasteiger partial charge in [-0.25, -0.2) is 9.78 Å². The maximum absolute atomic E-state index is 11.8. The van der Waals surface area contributed by atoms with Crippen molar-refractivity contribution >= 4 is 39.6 Å². The van der Waals surface area contributed by atoms with Crippen molar-refractivity contribution in [3.05, 3.63) is 53.3 Å². The van der Waals surface area contributed by atoms with Gasteiger partial charge in [0.2, 0.25) is 0 Å². The van der Waals surface area contributed by atoms with E-state index >= 15 is 0 Å². The van der Waals surface area contributed by atoms with Gasteiger partial charge in [0.05, 0.1) is 32.4 Å². The first-order valence-corrected chi connectivity index (χ1v) is 9.73. The molecule has 3 N–H and O–H groups in total. The average molecular weight is 436 g/mol. The lowest BCUT2D eigenvalue weighted by atomic mass is 10.2. The minimum absolute atomic E-state index is 0.410. The molecular formula is C19H20N2O8S. The van der Waals surface area contributed by atoms with Crippen LogP contribution in [-0.4, -0.2) is 54.8 Å². The Kier molecular flexibility index (Phi) is 7.53. The highest BCUT2D eigenvalue weighted by Gasteiger charge is 2.13. The minimum atomic E-state index is -4.67. The van der Waals surface area contributed by atoms with Crippen molar-refractivity contribution in [1.29, 1.82) is 0 Å². The summed E-state index contributed by atoms with van der Waals surface area (Å²) < 4.78 is 46.9. The summed E-state index contributed by atoms with van der Waals surface area (Å²) in [5.74, 6) is 1.56. The number of nitrogens with one attached hydrogen (secondary N) is 1. The van der Waals surface area contributed by atoms with Crippen LogP contribution in [0.2, 0.25) is 0 Å². The standard InChI is InChI=1S/C19H18N2O4.H2O4S/c1-23-15-9-7-12(11-16(15)24-2)8-10-17-20-14-6-4-5-13(18(14)21-17)19(22)25-3;1-5(2,3)4/h4-11H,1-3H3,(H,20,21);(H2,1,2,3,4)/b10-8+;. The Morgan fingerprint density at radius 2 is 1.70 bits per heavy atom. The smallest absolute Gasteiger partial charge is 0.394 e. The molecule has 2 aromatic carbocycles. The minimum Gasteiger partial charge on any atom is -0.493 e. The molecule has 0 saturated carbocycles. The van der Waals surface area contributed by atoms with Crippen LogP contribution in [0.5, 0.6) is 11.5 Å². The molecule has 160 valence electrons. The second-order valence-corrected chi connectivity index (χ2v) is 6.61. The molecule has 0 fully saturated rings. The van der Waals surface area contributed by atoms with Crippen molar-refractivity contribution in [3.8, 4) is 11.5 Å². The number of fused-ring (bicyclic) bond motifs is 1. The zero-order chi connectivity index (χ0) is 22.3. The van der Waals surface area contributed by atoms with E-state index in [1.807, 2.05) is 36.4 Å². The van der Waals surface area contributed by atoms with Gasteiger partial charge in [0.25, 0.3) is 0 Å². The Balaban J connectivity index is 0.000000575. The number of para-hydroxylation sites is 1. The van der Waals surface area contributed by atoms with E-state index < -0.39 is 16.4 Å². The number of imidazole rings is 1. The monoisotopic (exact) mass is 436 g/mol. The Labute approximate surface area is 172 Å². The number of H-pyrrole nitrogens is 1. The second-order valence-electron chi connectivity index (χ2n) is 5.71. The number of hydrogen-bond donors (Lipinski definition) is 3. The number of carbonyl (C=O) groups excluding carboxylic acids is 1.